The van der Waals surface area contributed by atoms with Gasteiger partial charge in [0.15, 0.2) is 0 Å². The Labute approximate surface area is 225 Å². The van der Waals surface area contributed by atoms with E-state index in [-0.39, 0.29) is 30.2 Å². The molecule has 1 amide bonds. The maximum Gasteiger partial charge on any atom is 0.323 e. The molecule has 1 unspecified atom stereocenters. The Bertz CT molecular complexity index is 1530. The third-order valence-corrected chi connectivity index (χ3v) is 7.90. The van der Waals surface area contributed by atoms with Gasteiger partial charge in [0.25, 0.3) is 5.91 Å². The average molecular weight is 553 g/mol. The lowest BCUT2D eigenvalue weighted by atomic mass is 10.1. The van der Waals surface area contributed by atoms with Crippen LogP contribution in [-0.4, -0.2) is 62.6 Å². The van der Waals surface area contributed by atoms with Gasteiger partial charge in [0.1, 0.15) is 30.8 Å². The maximum absolute atomic E-state index is 14.5. The van der Waals surface area contributed by atoms with Crippen LogP contribution in [0, 0.1) is 17.7 Å². The van der Waals surface area contributed by atoms with Gasteiger partial charge in [-0.2, -0.15) is 4.31 Å². The van der Waals surface area contributed by atoms with Gasteiger partial charge >= 0.3 is 5.97 Å². The van der Waals surface area contributed by atoms with Gasteiger partial charge in [0.2, 0.25) is 10.0 Å². The number of hydrogen-bond donors (Lipinski definition) is 1. The zero-order valence-corrected chi connectivity index (χ0v) is 21.7. The van der Waals surface area contributed by atoms with Gasteiger partial charge in [-0.25, -0.2) is 12.8 Å². The molecule has 3 aromatic rings. The quantitative estimate of drug-likeness (QED) is 0.448. The molecule has 11 heteroatoms. The minimum atomic E-state index is -4.35. The molecule has 0 radical (unpaired) electrons. The van der Waals surface area contributed by atoms with Gasteiger partial charge in [0.05, 0.1) is 17.0 Å². The number of carbonyl (C=O) groups excluding carboxylic acids is 1. The molecule has 1 atom stereocenters. The van der Waals surface area contributed by atoms with Crippen molar-refractivity contribution in [1.82, 2.24) is 4.31 Å². The molecule has 9 nitrogen and oxygen atoms in total. The van der Waals surface area contributed by atoms with E-state index in [0.29, 0.717) is 17.0 Å². The predicted octanol–water partition coefficient (Wildman–Crippen LogP) is 3.16. The van der Waals surface area contributed by atoms with Crippen molar-refractivity contribution in [3.63, 3.8) is 0 Å². The molecular weight excluding hydrogens is 527 g/mol. The fourth-order valence-electron chi connectivity index (χ4n) is 4.11. The van der Waals surface area contributed by atoms with Crippen LogP contribution >= 0.6 is 0 Å². The largest absolute Gasteiger partial charge is 0.481 e. The Morgan fingerprint density at radius 3 is 2.36 bits per heavy atom. The lowest BCUT2D eigenvalue weighted by Crippen LogP contribution is -2.50. The molecule has 1 heterocycles. The van der Waals surface area contributed by atoms with E-state index in [1.165, 1.54) is 49.6 Å². The number of fused-ring (bicyclic) bond motifs is 1. The summed E-state index contributed by atoms with van der Waals surface area (Å²) in [6.45, 7) is -0.511. The molecular formula is C28H25FN2O7S. The van der Waals surface area contributed by atoms with Crippen LogP contribution in [0.15, 0.2) is 77.7 Å². The number of nitrogens with zero attached hydrogens (tertiary/aromatic N) is 2. The minimum Gasteiger partial charge on any atom is -0.481 e. The van der Waals surface area contributed by atoms with E-state index in [1.807, 2.05) is 0 Å². The number of methoxy groups -OCH3 is 1. The van der Waals surface area contributed by atoms with Crippen molar-refractivity contribution < 1.29 is 37.0 Å². The summed E-state index contributed by atoms with van der Waals surface area (Å²) in [7, 11) is -2.83. The number of halogens is 1. The Kier molecular flexibility index (Phi) is 8.61. The minimum absolute atomic E-state index is 0.0747. The molecule has 0 saturated carbocycles. The van der Waals surface area contributed by atoms with Crippen LogP contribution in [0.5, 0.6) is 5.75 Å². The Morgan fingerprint density at radius 1 is 1.00 bits per heavy atom. The predicted molar refractivity (Wildman–Crippen MR) is 140 cm³/mol. The van der Waals surface area contributed by atoms with Gasteiger partial charge < -0.3 is 19.5 Å². The van der Waals surface area contributed by atoms with Gasteiger partial charge in [-0.1, -0.05) is 42.2 Å². The first-order valence-corrected chi connectivity index (χ1v) is 13.2. The number of benzene rings is 3. The summed E-state index contributed by atoms with van der Waals surface area (Å²) < 4.78 is 53.1. The van der Waals surface area contributed by atoms with Crippen molar-refractivity contribution in [2.45, 2.75) is 17.5 Å². The number of rotatable bonds is 7. The molecule has 202 valence electrons. The van der Waals surface area contributed by atoms with Crippen molar-refractivity contribution in [3.05, 3.63) is 89.7 Å². The first-order chi connectivity index (χ1) is 18.7. The fraction of sp³-hybridized carbons (Fsp3) is 0.214. The number of aliphatic carboxylic acids is 1. The van der Waals surface area contributed by atoms with Gasteiger partial charge in [0, 0.05) is 19.3 Å². The summed E-state index contributed by atoms with van der Waals surface area (Å²) in [5.41, 5.74) is 0.437. The Balaban J connectivity index is 1.68. The van der Waals surface area contributed by atoms with Crippen molar-refractivity contribution in [3.8, 4) is 17.6 Å². The molecule has 0 saturated heterocycles. The van der Waals surface area contributed by atoms with Crippen LogP contribution in [0.25, 0.3) is 0 Å². The molecule has 39 heavy (non-hydrogen) atoms. The number of sulfonamides is 1. The number of amides is 1. The molecule has 0 bridgehead atoms. The third kappa shape index (κ3) is 6.09. The number of hydrogen-bond acceptors (Lipinski definition) is 6. The highest BCUT2D eigenvalue weighted by Crippen LogP contribution is 2.32. The van der Waals surface area contributed by atoms with E-state index in [1.54, 1.807) is 24.3 Å². The number of carbonyl (C=O) groups is 2. The molecule has 0 aromatic heterocycles. The van der Waals surface area contributed by atoms with Crippen LogP contribution in [0.1, 0.15) is 15.9 Å². The van der Waals surface area contributed by atoms with Gasteiger partial charge in [-0.3, -0.25) is 9.59 Å². The van der Waals surface area contributed by atoms with Crippen LogP contribution in [0.2, 0.25) is 0 Å². The standard InChI is InChI=1S/C28H25FN2O7S/c1-37-16-6-7-17-38-21-12-14-22(15-13-21)39(35,36)31-18-20-8-2-5-11-25(20)30(19-26(31)28(33)34)27(32)23-9-3-4-10-24(23)29/h2-5,8-15,26H,16-19H2,1H3,(H,33,34). The number of anilines is 1. The summed E-state index contributed by atoms with van der Waals surface area (Å²) in [6.07, 6.45) is 0. The number of carboxylic acid groups (broad SMARTS) is 1. The molecule has 0 spiro atoms. The summed E-state index contributed by atoms with van der Waals surface area (Å²) in [5.74, 6) is 2.86. The van der Waals surface area contributed by atoms with Crippen molar-refractivity contribution in [1.29, 1.82) is 0 Å². The van der Waals surface area contributed by atoms with E-state index in [0.717, 1.165) is 15.3 Å². The zero-order chi connectivity index (χ0) is 28.0. The number of para-hydroxylation sites is 1. The summed E-state index contributed by atoms with van der Waals surface area (Å²) in [4.78, 5) is 26.8. The lowest BCUT2D eigenvalue weighted by molar-refractivity contribution is -0.141. The van der Waals surface area contributed by atoms with E-state index < -0.39 is 40.3 Å². The number of carboxylic acids is 1. The first kappa shape index (κ1) is 27.8. The topological polar surface area (TPSA) is 113 Å². The van der Waals surface area contributed by atoms with E-state index >= 15 is 0 Å². The van der Waals surface area contributed by atoms with E-state index in [2.05, 4.69) is 11.8 Å². The smallest absolute Gasteiger partial charge is 0.323 e. The van der Waals surface area contributed by atoms with Crippen LogP contribution in [0.3, 0.4) is 0 Å². The monoisotopic (exact) mass is 552 g/mol. The highest BCUT2D eigenvalue weighted by atomic mass is 32.2. The highest BCUT2D eigenvalue weighted by molar-refractivity contribution is 7.89. The average Bonchev–Trinajstić information content (AvgIpc) is 3.11. The highest BCUT2D eigenvalue weighted by Gasteiger charge is 2.42. The maximum atomic E-state index is 14.5. The zero-order valence-electron chi connectivity index (χ0n) is 20.9. The van der Waals surface area contributed by atoms with Crippen LogP contribution in [0.4, 0.5) is 10.1 Å². The van der Waals surface area contributed by atoms with E-state index in [4.69, 9.17) is 9.47 Å². The second-order valence-electron chi connectivity index (χ2n) is 8.48. The van der Waals surface area contributed by atoms with Gasteiger partial charge in [-0.05, 0) is 48.0 Å². The van der Waals surface area contributed by atoms with Gasteiger partial charge in [-0.15, -0.1) is 0 Å². The van der Waals surface area contributed by atoms with Crippen molar-refractivity contribution >= 4 is 27.6 Å². The second-order valence-corrected chi connectivity index (χ2v) is 10.4. The third-order valence-electron chi connectivity index (χ3n) is 6.03. The molecule has 3 aromatic carbocycles. The molecule has 1 aliphatic heterocycles. The summed E-state index contributed by atoms with van der Waals surface area (Å²) >= 11 is 0. The number of ether oxygens (including phenoxy) is 2. The molecule has 0 aliphatic carbocycles. The lowest BCUT2D eigenvalue weighted by Gasteiger charge is -2.28. The van der Waals surface area contributed by atoms with Crippen LogP contribution in [-0.2, 0) is 26.1 Å². The summed E-state index contributed by atoms with van der Waals surface area (Å²) in [6, 6.07) is 15.7. The molecule has 0 fully saturated rings. The van der Waals surface area contributed by atoms with E-state index in [9.17, 15) is 27.5 Å². The SMILES string of the molecule is COCC#CCOc1ccc(S(=O)(=O)N2Cc3ccccc3N(C(=O)c3ccccc3F)CC2C(=O)O)cc1. The molecule has 1 N–H and O–H groups in total. The fourth-order valence-corrected chi connectivity index (χ4v) is 5.66. The second kappa shape index (κ2) is 12.1. The summed E-state index contributed by atoms with van der Waals surface area (Å²) in [5, 5.41) is 10.1. The van der Waals surface area contributed by atoms with Crippen molar-refractivity contribution in [2.75, 3.05) is 31.8 Å². The first-order valence-electron chi connectivity index (χ1n) is 11.8. The van der Waals surface area contributed by atoms with Crippen molar-refractivity contribution in [2.24, 2.45) is 0 Å². The van der Waals surface area contributed by atoms with Crippen LogP contribution < -0.4 is 9.64 Å². The Morgan fingerprint density at radius 2 is 1.67 bits per heavy atom. The molecule has 4 rings (SSSR count). The molecule has 1 aliphatic rings. The Hall–Kier alpha value is -4.24. The normalized spacial score (nSPS) is 15.4.